The number of halogens is 1. The van der Waals surface area contributed by atoms with Gasteiger partial charge in [-0.15, -0.1) is 0 Å². The lowest BCUT2D eigenvalue weighted by atomic mass is 10.0. The van der Waals surface area contributed by atoms with E-state index in [-0.39, 0.29) is 11.5 Å². The lowest BCUT2D eigenvalue weighted by Gasteiger charge is -2.09. The second kappa shape index (κ2) is 8.74. The standard InChI is InChI=1S/C25H21ClO5/c1-15-10-19(30-14-16-4-7-18(26)8-5-16)13-22-24(15)25(27)23(31-22)12-17-6-9-20(28-2)21(11-17)29-3/h4-13H,14H2,1-3H3/b23-12-. The van der Waals surface area contributed by atoms with Crippen molar-refractivity contribution in [3.63, 3.8) is 0 Å². The van der Waals surface area contributed by atoms with E-state index in [9.17, 15) is 4.79 Å². The van der Waals surface area contributed by atoms with Crippen LogP contribution in [0.25, 0.3) is 6.08 Å². The third-order valence-corrected chi connectivity index (χ3v) is 5.22. The number of carbonyl (C=O) groups is 1. The van der Waals surface area contributed by atoms with Gasteiger partial charge >= 0.3 is 0 Å². The fourth-order valence-corrected chi connectivity index (χ4v) is 3.53. The number of fused-ring (bicyclic) bond motifs is 1. The van der Waals surface area contributed by atoms with E-state index < -0.39 is 0 Å². The van der Waals surface area contributed by atoms with E-state index >= 15 is 0 Å². The van der Waals surface area contributed by atoms with E-state index in [1.807, 2.05) is 43.3 Å². The van der Waals surface area contributed by atoms with Crippen molar-refractivity contribution in [2.24, 2.45) is 0 Å². The summed E-state index contributed by atoms with van der Waals surface area (Å²) in [6.45, 7) is 2.26. The number of allylic oxidation sites excluding steroid dienone is 1. The molecule has 0 atom stereocenters. The van der Waals surface area contributed by atoms with Gasteiger partial charge in [0.2, 0.25) is 5.78 Å². The minimum atomic E-state index is -0.161. The van der Waals surface area contributed by atoms with Crippen LogP contribution in [0.5, 0.6) is 23.0 Å². The molecule has 0 aromatic heterocycles. The Bertz CT molecular complexity index is 1170. The van der Waals surface area contributed by atoms with Crippen molar-refractivity contribution in [1.82, 2.24) is 0 Å². The molecule has 0 spiro atoms. The minimum absolute atomic E-state index is 0.161. The van der Waals surface area contributed by atoms with E-state index in [0.29, 0.717) is 40.2 Å². The van der Waals surface area contributed by atoms with Gasteiger partial charge in [-0.1, -0.05) is 29.8 Å². The topological polar surface area (TPSA) is 54.0 Å². The van der Waals surface area contributed by atoms with Gasteiger partial charge in [0, 0.05) is 11.1 Å². The summed E-state index contributed by atoms with van der Waals surface area (Å²) in [5, 5.41) is 0.679. The number of hydrogen-bond acceptors (Lipinski definition) is 5. The molecule has 0 unspecified atom stereocenters. The van der Waals surface area contributed by atoms with Gasteiger partial charge in [0.05, 0.1) is 19.8 Å². The Morgan fingerprint density at radius 2 is 1.71 bits per heavy atom. The van der Waals surface area contributed by atoms with Crippen LogP contribution >= 0.6 is 11.6 Å². The summed E-state index contributed by atoms with van der Waals surface area (Å²) in [7, 11) is 3.14. The number of ether oxygens (including phenoxy) is 4. The van der Waals surface area contributed by atoms with Crippen LogP contribution in [-0.2, 0) is 6.61 Å². The summed E-state index contributed by atoms with van der Waals surface area (Å²) in [5.74, 6) is 2.40. The van der Waals surface area contributed by atoms with Crippen molar-refractivity contribution in [2.45, 2.75) is 13.5 Å². The molecule has 31 heavy (non-hydrogen) atoms. The van der Waals surface area contributed by atoms with Crippen LogP contribution in [0.3, 0.4) is 0 Å². The predicted molar refractivity (Wildman–Crippen MR) is 119 cm³/mol. The molecule has 1 heterocycles. The van der Waals surface area contributed by atoms with Gasteiger partial charge in [0.15, 0.2) is 17.3 Å². The summed E-state index contributed by atoms with van der Waals surface area (Å²) >= 11 is 5.92. The van der Waals surface area contributed by atoms with Crippen molar-refractivity contribution < 1.29 is 23.7 Å². The zero-order chi connectivity index (χ0) is 22.0. The molecule has 158 valence electrons. The Labute approximate surface area is 185 Å². The Morgan fingerprint density at radius 1 is 0.968 bits per heavy atom. The molecule has 0 bridgehead atoms. The number of ketones is 1. The van der Waals surface area contributed by atoms with E-state index in [1.165, 1.54) is 0 Å². The summed E-state index contributed by atoms with van der Waals surface area (Å²) in [5.41, 5.74) is 3.11. The highest BCUT2D eigenvalue weighted by Gasteiger charge is 2.30. The third-order valence-electron chi connectivity index (χ3n) is 4.97. The molecule has 4 rings (SSSR count). The van der Waals surface area contributed by atoms with Crippen LogP contribution in [0.1, 0.15) is 27.0 Å². The maximum atomic E-state index is 12.9. The minimum Gasteiger partial charge on any atom is -0.493 e. The second-order valence-electron chi connectivity index (χ2n) is 7.08. The van der Waals surface area contributed by atoms with Gasteiger partial charge in [-0.2, -0.15) is 0 Å². The number of rotatable bonds is 6. The lowest BCUT2D eigenvalue weighted by molar-refractivity contribution is 0.101. The van der Waals surface area contributed by atoms with Crippen molar-refractivity contribution in [1.29, 1.82) is 0 Å². The summed E-state index contributed by atoms with van der Waals surface area (Å²) in [4.78, 5) is 12.9. The molecule has 0 saturated carbocycles. The van der Waals surface area contributed by atoms with Crippen LogP contribution in [0, 0.1) is 6.92 Å². The predicted octanol–water partition coefficient (Wildman–Crippen LogP) is 5.86. The van der Waals surface area contributed by atoms with Gasteiger partial charge in [0.1, 0.15) is 18.1 Å². The van der Waals surface area contributed by atoms with E-state index in [0.717, 1.165) is 16.7 Å². The number of Topliss-reactive ketones (excluding diaryl/α,β-unsaturated/α-hetero) is 1. The summed E-state index contributed by atoms with van der Waals surface area (Å²) < 4.78 is 22.4. The lowest BCUT2D eigenvalue weighted by Crippen LogP contribution is -2.00. The average molecular weight is 437 g/mol. The van der Waals surface area contributed by atoms with Crippen LogP contribution in [0.2, 0.25) is 5.02 Å². The molecular formula is C25H21ClO5. The van der Waals surface area contributed by atoms with Crippen molar-refractivity contribution in [3.8, 4) is 23.0 Å². The number of benzene rings is 3. The first kappa shape index (κ1) is 20.8. The Hall–Kier alpha value is -3.44. The van der Waals surface area contributed by atoms with Gasteiger partial charge in [-0.05, 0) is 60.0 Å². The largest absolute Gasteiger partial charge is 0.493 e. The molecule has 0 N–H and O–H groups in total. The molecule has 5 nitrogen and oxygen atoms in total. The molecular weight excluding hydrogens is 416 g/mol. The molecule has 6 heteroatoms. The zero-order valence-electron chi connectivity index (χ0n) is 17.4. The average Bonchev–Trinajstić information content (AvgIpc) is 3.08. The molecule has 3 aromatic carbocycles. The smallest absolute Gasteiger partial charge is 0.232 e. The molecule has 0 saturated heterocycles. The molecule has 0 fully saturated rings. The van der Waals surface area contributed by atoms with Gasteiger partial charge in [0.25, 0.3) is 0 Å². The first-order chi connectivity index (χ1) is 15.0. The van der Waals surface area contributed by atoms with Crippen molar-refractivity contribution >= 4 is 23.5 Å². The second-order valence-corrected chi connectivity index (χ2v) is 7.52. The summed E-state index contributed by atoms with van der Waals surface area (Å²) in [6, 6.07) is 16.5. The van der Waals surface area contributed by atoms with E-state index in [2.05, 4.69) is 0 Å². The van der Waals surface area contributed by atoms with E-state index in [1.54, 1.807) is 38.5 Å². The van der Waals surface area contributed by atoms with Crippen molar-refractivity contribution in [3.05, 3.63) is 87.6 Å². The van der Waals surface area contributed by atoms with Crippen LogP contribution in [0.4, 0.5) is 0 Å². The monoisotopic (exact) mass is 436 g/mol. The SMILES string of the molecule is COc1ccc(/C=C2\Oc3cc(OCc4ccc(Cl)cc4)cc(C)c3C2=O)cc1OC. The summed E-state index contributed by atoms with van der Waals surface area (Å²) in [6.07, 6.45) is 1.69. The van der Waals surface area contributed by atoms with Crippen LogP contribution in [0.15, 0.2) is 60.4 Å². The van der Waals surface area contributed by atoms with Gasteiger partial charge in [-0.3, -0.25) is 4.79 Å². The van der Waals surface area contributed by atoms with Gasteiger partial charge < -0.3 is 18.9 Å². The quantitative estimate of drug-likeness (QED) is 0.453. The first-order valence-corrected chi connectivity index (χ1v) is 10.0. The number of aryl methyl sites for hydroxylation is 1. The molecule has 1 aliphatic heterocycles. The Balaban J connectivity index is 1.56. The highest BCUT2D eigenvalue weighted by Crippen LogP contribution is 2.38. The fourth-order valence-electron chi connectivity index (χ4n) is 3.40. The van der Waals surface area contributed by atoms with E-state index in [4.69, 9.17) is 30.5 Å². The molecule has 3 aromatic rings. The zero-order valence-corrected chi connectivity index (χ0v) is 18.2. The normalized spacial score (nSPS) is 13.7. The molecule has 0 aliphatic carbocycles. The molecule has 0 amide bonds. The van der Waals surface area contributed by atoms with Crippen molar-refractivity contribution in [2.75, 3.05) is 14.2 Å². The third kappa shape index (κ3) is 4.37. The fraction of sp³-hybridized carbons (Fsp3) is 0.160. The number of carbonyl (C=O) groups excluding carboxylic acids is 1. The maximum absolute atomic E-state index is 12.9. The number of hydrogen-bond donors (Lipinski definition) is 0. The number of methoxy groups -OCH3 is 2. The Kier molecular flexibility index (Phi) is 5.87. The van der Waals surface area contributed by atoms with Crippen LogP contribution < -0.4 is 18.9 Å². The molecule has 0 radical (unpaired) electrons. The first-order valence-electron chi connectivity index (χ1n) is 9.66. The van der Waals surface area contributed by atoms with Gasteiger partial charge in [-0.25, -0.2) is 0 Å². The highest BCUT2D eigenvalue weighted by molar-refractivity contribution is 6.30. The molecule has 1 aliphatic rings. The Morgan fingerprint density at radius 3 is 2.42 bits per heavy atom. The van der Waals surface area contributed by atoms with Crippen LogP contribution in [-0.4, -0.2) is 20.0 Å². The highest BCUT2D eigenvalue weighted by atomic mass is 35.5. The maximum Gasteiger partial charge on any atom is 0.232 e.